The zero-order chi connectivity index (χ0) is 11.8. The topological polar surface area (TPSA) is 50.2 Å². The third-order valence-electron chi connectivity index (χ3n) is 3.59. The van der Waals surface area contributed by atoms with E-state index in [1.165, 1.54) is 19.3 Å². The van der Waals surface area contributed by atoms with Gasteiger partial charge in [-0.3, -0.25) is 9.89 Å². The molecule has 2 heterocycles. The second kappa shape index (κ2) is 4.02. The molecule has 0 radical (unpaired) electrons. The summed E-state index contributed by atoms with van der Waals surface area (Å²) in [6.07, 6.45) is 5.62. The second-order valence-corrected chi connectivity index (χ2v) is 4.87. The summed E-state index contributed by atoms with van der Waals surface area (Å²) in [7, 11) is 0. The van der Waals surface area contributed by atoms with E-state index in [0.717, 1.165) is 29.9 Å². The number of nitrogens with zero attached hydrogens (tertiary/aromatic N) is 2. The second-order valence-electron chi connectivity index (χ2n) is 4.87. The molecule has 0 spiro atoms. The van der Waals surface area contributed by atoms with Crippen molar-refractivity contribution in [3.8, 4) is 0 Å². The molecule has 1 N–H and O–H groups in total. The summed E-state index contributed by atoms with van der Waals surface area (Å²) in [6.45, 7) is 2.11. The van der Waals surface area contributed by atoms with Gasteiger partial charge in [-0.25, -0.2) is 9.50 Å². The van der Waals surface area contributed by atoms with Crippen LogP contribution in [0.15, 0.2) is 16.9 Å². The molecule has 0 unspecified atom stereocenters. The van der Waals surface area contributed by atoms with E-state index in [-0.39, 0.29) is 5.56 Å². The Morgan fingerprint density at radius 1 is 1.47 bits per heavy atom. The van der Waals surface area contributed by atoms with Gasteiger partial charge in [0.15, 0.2) is 5.65 Å². The van der Waals surface area contributed by atoms with Gasteiger partial charge in [-0.15, -0.1) is 0 Å². The Morgan fingerprint density at radius 2 is 2.29 bits per heavy atom. The molecule has 0 aliphatic heterocycles. The predicted molar refractivity (Wildman–Crippen MR) is 66.4 cm³/mol. The smallest absolute Gasteiger partial charge is 0.271 e. The lowest BCUT2D eigenvalue weighted by Gasteiger charge is -2.25. The molecule has 4 nitrogen and oxygen atoms in total. The fraction of sp³-hybridized carbons (Fsp3) is 0.538. The van der Waals surface area contributed by atoms with Crippen LogP contribution in [0.4, 0.5) is 0 Å². The molecule has 0 aromatic carbocycles. The normalized spacial score (nSPS) is 16.3. The van der Waals surface area contributed by atoms with Crippen molar-refractivity contribution >= 4 is 5.65 Å². The monoisotopic (exact) mass is 231 g/mol. The molecule has 1 aliphatic rings. The first-order valence-electron chi connectivity index (χ1n) is 6.39. The van der Waals surface area contributed by atoms with Crippen LogP contribution in [-0.2, 0) is 6.42 Å². The van der Waals surface area contributed by atoms with Crippen molar-refractivity contribution in [3.63, 3.8) is 0 Å². The van der Waals surface area contributed by atoms with Gasteiger partial charge in [0.2, 0.25) is 0 Å². The number of fused-ring (bicyclic) bond motifs is 1. The average molecular weight is 231 g/mol. The standard InChI is InChI=1S/C13H17N3O/c1-2-4-11-14-12-7-10(9-5-3-6-9)8-13(17)16(12)15-11/h7-9H,2-6H2,1H3,(H,14,15). The van der Waals surface area contributed by atoms with Gasteiger partial charge >= 0.3 is 0 Å². The van der Waals surface area contributed by atoms with Crippen molar-refractivity contribution in [2.24, 2.45) is 0 Å². The van der Waals surface area contributed by atoms with E-state index in [9.17, 15) is 4.79 Å². The quantitative estimate of drug-likeness (QED) is 0.880. The van der Waals surface area contributed by atoms with Crippen LogP contribution in [0.25, 0.3) is 5.65 Å². The maximum Gasteiger partial charge on any atom is 0.271 e. The summed E-state index contributed by atoms with van der Waals surface area (Å²) in [5.74, 6) is 1.48. The molecule has 0 bridgehead atoms. The van der Waals surface area contributed by atoms with Crippen molar-refractivity contribution < 1.29 is 0 Å². The van der Waals surface area contributed by atoms with Gasteiger partial charge in [-0.05, 0) is 36.8 Å². The van der Waals surface area contributed by atoms with E-state index in [0.29, 0.717) is 5.92 Å². The number of H-pyrrole nitrogens is 1. The van der Waals surface area contributed by atoms with E-state index in [4.69, 9.17) is 0 Å². The third kappa shape index (κ3) is 1.77. The molecule has 2 aromatic heterocycles. The molecule has 3 rings (SSSR count). The molecule has 1 fully saturated rings. The highest BCUT2D eigenvalue weighted by Crippen LogP contribution is 2.35. The highest BCUT2D eigenvalue weighted by molar-refractivity contribution is 5.42. The van der Waals surface area contributed by atoms with E-state index in [1.54, 1.807) is 10.6 Å². The SMILES string of the molecule is CCCc1nc2cc(C3CCC3)cc(=O)n2[nH]1. The highest BCUT2D eigenvalue weighted by atomic mass is 16.1. The molecule has 4 heteroatoms. The maximum atomic E-state index is 12.0. The van der Waals surface area contributed by atoms with Crippen LogP contribution in [0.5, 0.6) is 0 Å². The molecule has 17 heavy (non-hydrogen) atoms. The van der Waals surface area contributed by atoms with Crippen LogP contribution in [-0.4, -0.2) is 14.6 Å². The molecule has 0 atom stereocenters. The number of pyridine rings is 1. The van der Waals surface area contributed by atoms with Crippen LogP contribution in [0, 0.1) is 0 Å². The molecular formula is C13H17N3O. The van der Waals surface area contributed by atoms with Crippen molar-refractivity contribution in [3.05, 3.63) is 33.9 Å². The fourth-order valence-corrected chi connectivity index (χ4v) is 2.39. The summed E-state index contributed by atoms with van der Waals surface area (Å²) >= 11 is 0. The summed E-state index contributed by atoms with van der Waals surface area (Å²) < 4.78 is 1.55. The first-order chi connectivity index (χ1) is 8.28. The Bertz CT molecular complexity index is 592. The molecule has 0 saturated heterocycles. The average Bonchev–Trinajstić information content (AvgIpc) is 2.59. The molecule has 2 aromatic rings. The summed E-state index contributed by atoms with van der Waals surface area (Å²) in [4.78, 5) is 16.4. The summed E-state index contributed by atoms with van der Waals surface area (Å²) in [5, 5.41) is 3.06. The van der Waals surface area contributed by atoms with Crippen molar-refractivity contribution in [2.75, 3.05) is 0 Å². The zero-order valence-electron chi connectivity index (χ0n) is 10.1. The van der Waals surface area contributed by atoms with Crippen LogP contribution < -0.4 is 5.56 Å². The highest BCUT2D eigenvalue weighted by Gasteiger charge is 2.21. The van der Waals surface area contributed by atoms with Gasteiger partial charge < -0.3 is 0 Å². The van der Waals surface area contributed by atoms with Gasteiger partial charge in [0.25, 0.3) is 5.56 Å². The largest absolute Gasteiger partial charge is 0.276 e. The summed E-state index contributed by atoms with van der Waals surface area (Å²) in [6, 6.07) is 3.81. The Balaban J connectivity index is 2.08. The number of aromatic nitrogens is 3. The number of aryl methyl sites for hydroxylation is 1. The zero-order valence-corrected chi connectivity index (χ0v) is 10.1. The minimum absolute atomic E-state index is 0.0132. The van der Waals surface area contributed by atoms with Crippen LogP contribution >= 0.6 is 0 Å². The van der Waals surface area contributed by atoms with Crippen LogP contribution in [0.3, 0.4) is 0 Å². The van der Waals surface area contributed by atoms with Crippen molar-refractivity contribution in [2.45, 2.75) is 44.9 Å². The minimum Gasteiger partial charge on any atom is -0.276 e. The number of nitrogens with one attached hydrogen (secondary N) is 1. The Labute approximate surface area is 99.7 Å². The maximum absolute atomic E-state index is 12.0. The van der Waals surface area contributed by atoms with Gasteiger partial charge in [0, 0.05) is 12.5 Å². The Hall–Kier alpha value is -1.58. The van der Waals surface area contributed by atoms with E-state index in [1.807, 2.05) is 0 Å². The van der Waals surface area contributed by atoms with E-state index >= 15 is 0 Å². The third-order valence-corrected chi connectivity index (χ3v) is 3.59. The van der Waals surface area contributed by atoms with Crippen molar-refractivity contribution in [1.29, 1.82) is 0 Å². The Morgan fingerprint density at radius 3 is 2.94 bits per heavy atom. The van der Waals surface area contributed by atoms with Crippen LogP contribution in [0.2, 0.25) is 0 Å². The van der Waals surface area contributed by atoms with Gasteiger partial charge in [0.05, 0.1) is 0 Å². The minimum atomic E-state index is 0.0132. The first kappa shape index (κ1) is 10.6. The van der Waals surface area contributed by atoms with Crippen LogP contribution in [0.1, 0.15) is 49.9 Å². The van der Waals surface area contributed by atoms with Gasteiger partial charge in [-0.1, -0.05) is 13.3 Å². The Kier molecular flexibility index (Phi) is 2.50. The number of rotatable bonds is 3. The lowest BCUT2D eigenvalue weighted by atomic mass is 9.80. The first-order valence-corrected chi connectivity index (χ1v) is 6.39. The number of hydrogen-bond donors (Lipinski definition) is 1. The lowest BCUT2D eigenvalue weighted by molar-refractivity contribution is 0.419. The molecule has 1 saturated carbocycles. The van der Waals surface area contributed by atoms with Gasteiger partial charge in [-0.2, -0.15) is 0 Å². The van der Waals surface area contributed by atoms with Gasteiger partial charge in [0.1, 0.15) is 5.82 Å². The molecule has 1 aliphatic carbocycles. The molecule has 0 amide bonds. The molecule has 90 valence electrons. The lowest BCUT2D eigenvalue weighted by Crippen LogP contribution is -2.17. The van der Waals surface area contributed by atoms with E-state index < -0.39 is 0 Å². The predicted octanol–water partition coefficient (Wildman–Crippen LogP) is 2.24. The molecular weight excluding hydrogens is 214 g/mol. The van der Waals surface area contributed by atoms with Crippen molar-refractivity contribution in [1.82, 2.24) is 14.6 Å². The number of hydrogen-bond acceptors (Lipinski definition) is 2. The summed E-state index contributed by atoms with van der Waals surface area (Å²) in [5.41, 5.74) is 1.94. The number of aromatic amines is 1. The van der Waals surface area contributed by atoms with E-state index in [2.05, 4.69) is 23.1 Å². The fourth-order valence-electron chi connectivity index (χ4n) is 2.39.